The molecule has 0 bridgehead atoms. The Morgan fingerprint density at radius 1 is 0.950 bits per heavy atom. The Kier molecular flexibility index (Phi) is 12.2. The van der Waals surface area contributed by atoms with Gasteiger partial charge in [0.1, 0.15) is 18.1 Å². The van der Waals surface area contributed by atoms with Crippen LogP contribution in [0.3, 0.4) is 0 Å². The largest absolute Gasteiger partial charge is 0.481 e. The van der Waals surface area contributed by atoms with E-state index in [1.165, 1.54) is 0 Å². The Balaban J connectivity index is 2.31. The first kappa shape index (κ1) is 31.9. The van der Waals surface area contributed by atoms with Crippen LogP contribution in [-0.4, -0.2) is 87.3 Å². The molecule has 16 heteroatoms. The fourth-order valence-corrected chi connectivity index (χ4v) is 3.95. The average Bonchev–Trinajstić information content (AvgIpc) is 3.31. The van der Waals surface area contributed by atoms with Gasteiger partial charge in [-0.15, -0.1) is 0 Å². The summed E-state index contributed by atoms with van der Waals surface area (Å²) in [6.45, 7) is 0.103. The number of aliphatic imine (C=N–C) groups is 1. The molecule has 1 aromatic carbocycles. The molecule has 0 saturated carbocycles. The van der Waals surface area contributed by atoms with Gasteiger partial charge >= 0.3 is 11.9 Å². The Bertz CT molecular complexity index is 1250. The normalized spacial score (nSPS) is 13.8. The molecule has 0 saturated heterocycles. The minimum absolute atomic E-state index is 0.0171. The van der Waals surface area contributed by atoms with Crippen LogP contribution in [0.5, 0.6) is 0 Å². The van der Waals surface area contributed by atoms with Crippen LogP contribution in [0.15, 0.2) is 35.5 Å². The number of carboxylic acid groups (broad SMARTS) is 2. The molecule has 0 radical (unpaired) electrons. The third-order valence-electron chi connectivity index (χ3n) is 5.84. The number of fused-ring (bicyclic) bond motifs is 1. The zero-order chi connectivity index (χ0) is 29.8. The van der Waals surface area contributed by atoms with Crippen molar-refractivity contribution in [3.63, 3.8) is 0 Å². The summed E-state index contributed by atoms with van der Waals surface area (Å²) < 4.78 is 0. The van der Waals surface area contributed by atoms with E-state index >= 15 is 0 Å². The lowest BCUT2D eigenvalue weighted by Gasteiger charge is -2.25. The molecule has 0 aliphatic heterocycles. The predicted molar refractivity (Wildman–Crippen MR) is 149 cm³/mol. The van der Waals surface area contributed by atoms with Gasteiger partial charge in [-0.3, -0.25) is 24.2 Å². The second-order valence-corrected chi connectivity index (χ2v) is 9.29. The Labute approximate surface area is 234 Å². The molecule has 4 unspecified atom stereocenters. The van der Waals surface area contributed by atoms with Crippen molar-refractivity contribution in [1.29, 1.82) is 0 Å². The second kappa shape index (κ2) is 15.3. The number of carboxylic acids is 2. The van der Waals surface area contributed by atoms with Gasteiger partial charge in [-0.2, -0.15) is 12.6 Å². The summed E-state index contributed by atoms with van der Waals surface area (Å²) in [4.78, 5) is 68.5. The van der Waals surface area contributed by atoms with Crippen LogP contribution < -0.4 is 33.2 Å². The molecule has 1 heterocycles. The van der Waals surface area contributed by atoms with E-state index in [0.717, 1.165) is 10.9 Å². The molecule has 40 heavy (non-hydrogen) atoms. The van der Waals surface area contributed by atoms with Crippen molar-refractivity contribution < 1.29 is 34.2 Å². The van der Waals surface area contributed by atoms with Crippen LogP contribution in [0.1, 0.15) is 24.8 Å². The standard InChI is InChI=1S/C24H34N8O7S/c25-14(11-40)20(35)31-17(8-12-10-29-15-5-2-1-4-13(12)15)22(37)30-16(6-3-7-28-24(26)27)21(36)32-18(23(38)39)9-19(33)34/h1-2,4-5,10,14,16-18,29,40H,3,6-9,11,25H2,(H,30,37)(H,31,35)(H,32,36)(H,33,34)(H,38,39)(H4,26,27,28). The highest BCUT2D eigenvalue weighted by Gasteiger charge is 2.31. The molecule has 2 aromatic rings. The van der Waals surface area contributed by atoms with Gasteiger partial charge in [0.2, 0.25) is 17.7 Å². The summed E-state index contributed by atoms with van der Waals surface area (Å²) in [6.07, 6.45) is 1.02. The third-order valence-corrected chi connectivity index (χ3v) is 6.23. The molecule has 0 aliphatic rings. The first-order valence-corrected chi connectivity index (χ1v) is 12.9. The topological polar surface area (TPSA) is 268 Å². The lowest BCUT2D eigenvalue weighted by molar-refractivity contribution is -0.147. The van der Waals surface area contributed by atoms with Crippen molar-refractivity contribution in [2.45, 2.75) is 49.9 Å². The Morgan fingerprint density at radius 2 is 1.57 bits per heavy atom. The number of benzene rings is 1. The number of aliphatic carboxylic acids is 2. The number of carbonyl (C=O) groups excluding carboxylic acids is 3. The number of carbonyl (C=O) groups is 5. The minimum Gasteiger partial charge on any atom is -0.481 e. The number of para-hydroxylation sites is 1. The van der Waals surface area contributed by atoms with Crippen molar-refractivity contribution in [3.05, 3.63) is 36.0 Å². The molecule has 0 aliphatic carbocycles. The van der Waals surface area contributed by atoms with E-state index in [2.05, 4.69) is 38.6 Å². The van der Waals surface area contributed by atoms with Crippen LogP contribution in [-0.2, 0) is 30.4 Å². The quantitative estimate of drug-likeness (QED) is 0.0454. The first-order chi connectivity index (χ1) is 18.9. The van der Waals surface area contributed by atoms with E-state index < -0.39 is 60.2 Å². The maximum atomic E-state index is 13.5. The molecule has 15 nitrogen and oxygen atoms in total. The van der Waals surface area contributed by atoms with E-state index in [-0.39, 0.29) is 37.5 Å². The van der Waals surface area contributed by atoms with Gasteiger partial charge in [0.25, 0.3) is 0 Å². The summed E-state index contributed by atoms with van der Waals surface area (Å²) >= 11 is 4.02. The highest BCUT2D eigenvalue weighted by Crippen LogP contribution is 2.19. The number of hydrogen-bond acceptors (Lipinski definition) is 8. The lowest BCUT2D eigenvalue weighted by atomic mass is 10.0. The van der Waals surface area contributed by atoms with Crippen LogP contribution >= 0.6 is 12.6 Å². The fourth-order valence-electron chi connectivity index (χ4n) is 3.78. The van der Waals surface area contributed by atoms with E-state index in [1.54, 1.807) is 6.20 Å². The fraction of sp³-hybridized carbons (Fsp3) is 0.417. The van der Waals surface area contributed by atoms with Crippen LogP contribution in [0.4, 0.5) is 0 Å². The van der Waals surface area contributed by atoms with Crippen molar-refractivity contribution in [1.82, 2.24) is 20.9 Å². The summed E-state index contributed by atoms with van der Waals surface area (Å²) in [5, 5.41) is 26.4. The van der Waals surface area contributed by atoms with Gasteiger partial charge in [-0.25, -0.2) is 4.79 Å². The molecule has 0 spiro atoms. The monoisotopic (exact) mass is 578 g/mol. The van der Waals surface area contributed by atoms with Gasteiger partial charge in [-0.1, -0.05) is 18.2 Å². The Morgan fingerprint density at radius 3 is 2.20 bits per heavy atom. The zero-order valence-corrected chi connectivity index (χ0v) is 22.4. The zero-order valence-electron chi connectivity index (χ0n) is 21.5. The molecular weight excluding hydrogens is 544 g/mol. The smallest absolute Gasteiger partial charge is 0.326 e. The van der Waals surface area contributed by atoms with Crippen molar-refractivity contribution >= 4 is 59.2 Å². The first-order valence-electron chi connectivity index (χ1n) is 12.3. The molecule has 4 atom stereocenters. The highest BCUT2D eigenvalue weighted by atomic mass is 32.1. The molecular formula is C24H34N8O7S. The summed E-state index contributed by atoms with van der Waals surface area (Å²) in [7, 11) is 0. The van der Waals surface area contributed by atoms with Gasteiger partial charge in [0.05, 0.1) is 12.5 Å². The maximum absolute atomic E-state index is 13.5. The molecule has 2 rings (SSSR count). The number of H-pyrrole nitrogens is 1. The van der Waals surface area contributed by atoms with E-state index in [0.29, 0.717) is 5.56 Å². The highest BCUT2D eigenvalue weighted by molar-refractivity contribution is 7.80. The van der Waals surface area contributed by atoms with Crippen molar-refractivity contribution in [2.24, 2.45) is 22.2 Å². The van der Waals surface area contributed by atoms with Crippen molar-refractivity contribution in [2.75, 3.05) is 12.3 Å². The summed E-state index contributed by atoms with van der Waals surface area (Å²) in [5.41, 5.74) is 17.9. The SMILES string of the molecule is NC(N)=NCCCC(NC(=O)C(Cc1c[nH]c2ccccc12)NC(=O)C(N)CS)C(=O)NC(CC(=O)O)C(=O)O. The van der Waals surface area contributed by atoms with Gasteiger partial charge in [-0.05, 0) is 24.5 Å². The third kappa shape index (κ3) is 9.77. The number of nitrogens with one attached hydrogen (secondary N) is 4. The second-order valence-electron chi connectivity index (χ2n) is 8.92. The summed E-state index contributed by atoms with van der Waals surface area (Å²) in [5.74, 6) is -5.50. The number of hydrogen-bond donors (Lipinski definition) is 10. The summed E-state index contributed by atoms with van der Waals surface area (Å²) in [6, 6.07) is 2.10. The Hall–Kier alpha value is -4.31. The van der Waals surface area contributed by atoms with Crippen LogP contribution in [0, 0.1) is 0 Å². The molecule has 0 fully saturated rings. The number of aromatic nitrogens is 1. The predicted octanol–water partition coefficient (Wildman–Crippen LogP) is -1.97. The van der Waals surface area contributed by atoms with Crippen molar-refractivity contribution in [3.8, 4) is 0 Å². The number of nitrogens with two attached hydrogens (primary N) is 3. The molecule has 1 aromatic heterocycles. The maximum Gasteiger partial charge on any atom is 0.326 e. The number of guanidine groups is 1. The molecule has 12 N–H and O–H groups in total. The lowest BCUT2D eigenvalue weighted by Crippen LogP contribution is -2.58. The van der Waals surface area contributed by atoms with Crippen LogP contribution in [0.2, 0.25) is 0 Å². The van der Waals surface area contributed by atoms with E-state index in [4.69, 9.17) is 22.3 Å². The van der Waals surface area contributed by atoms with Gasteiger partial charge in [0.15, 0.2) is 5.96 Å². The number of rotatable bonds is 16. The van der Waals surface area contributed by atoms with E-state index in [9.17, 15) is 29.1 Å². The number of nitrogens with zero attached hydrogens (tertiary/aromatic N) is 1. The van der Waals surface area contributed by atoms with Gasteiger partial charge in [0, 0.05) is 35.8 Å². The number of thiol groups is 1. The number of aromatic amines is 1. The molecule has 3 amide bonds. The minimum atomic E-state index is -1.74. The number of amides is 3. The molecule has 218 valence electrons. The average molecular weight is 579 g/mol. The van der Waals surface area contributed by atoms with Gasteiger partial charge < -0.3 is 48.3 Å². The van der Waals surface area contributed by atoms with E-state index in [1.807, 2.05) is 24.3 Å². The van der Waals surface area contributed by atoms with Crippen LogP contribution in [0.25, 0.3) is 10.9 Å².